The van der Waals surface area contributed by atoms with Crippen molar-refractivity contribution in [3.8, 4) is 5.75 Å². The van der Waals surface area contributed by atoms with Crippen LogP contribution in [-0.4, -0.2) is 62.5 Å². The minimum atomic E-state index is -0.466. The third-order valence-corrected chi connectivity index (χ3v) is 6.82. The van der Waals surface area contributed by atoms with Crippen molar-refractivity contribution in [2.75, 3.05) is 55.6 Å². The van der Waals surface area contributed by atoms with E-state index in [2.05, 4.69) is 15.1 Å². The molecule has 202 valence electrons. The summed E-state index contributed by atoms with van der Waals surface area (Å²) in [5.41, 5.74) is 2.02. The van der Waals surface area contributed by atoms with Crippen LogP contribution in [0, 0.1) is 11.6 Å². The Kier molecular flexibility index (Phi) is 8.17. The first-order chi connectivity index (χ1) is 19.0. The molecule has 39 heavy (non-hydrogen) atoms. The Morgan fingerprint density at radius 3 is 2.46 bits per heavy atom. The van der Waals surface area contributed by atoms with Gasteiger partial charge >= 0.3 is 0 Å². The summed E-state index contributed by atoms with van der Waals surface area (Å²) >= 11 is 0. The number of fused-ring (bicyclic) bond motifs is 1. The number of hydrogen-bond donors (Lipinski definition) is 1. The Balaban J connectivity index is 1.12. The molecule has 0 spiro atoms. The van der Waals surface area contributed by atoms with Gasteiger partial charge in [0.25, 0.3) is 5.91 Å². The summed E-state index contributed by atoms with van der Waals surface area (Å²) in [7, 11) is 0. The number of rotatable bonds is 8. The first-order valence-electron chi connectivity index (χ1n) is 13.0. The SMILES string of the molecule is O=C(CN1C(=O)/C(=C\c2cccc(F)c2)Oc2ccccc21)NCCCN1CCN(c2ccc(F)cc2)CC1. The number of benzene rings is 3. The van der Waals surface area contributed by atoms with Crippen LogP contribution in [0.2, 0.25) is 0 Å². The number of carbonyl (C=O) groups is 2. The Hall–Kier alpha value is -4.24. The molecule has 0 unspecified atom stereocenters. The second-order valence-corrected chi connectivity index (χ2v) is 9.53. The minimum Gasteiger partial charge on any atom is -0.449 e. The number of anilines is 2. The van der Waals surface area contributed by atoms with Crippen LogP contribution in [-0.2, 0) is 9.59 Å². The first-order valence-corrected chi connectivity index (χ1v) is 13.0. The van der Waals surface area contributed by atoms with Gasteiger partial charge in [-0.15, -0.1) is 0 Å². The Morgan fingerprint density at radius 1 is 0.923 bits per heavy atom. The first kappa shape index (κ1) is 26.4. The number of nitrogens with one attached hydrogen (secondary N) is 1. The van der Waals surface area contributed by atoms with E-state index in [1.165, 1.54) is 35.2 Å². The second kappa shape index (κ2) is 12.1. The lowest BCUT2D eigenvalue weighted by Gasteiger charge is -2.36. The van der Waals surface area contributed by atoms with Crippen molar-refractivity contribution in [1.29, 1.82) is 0 Å². The molecule has 2 aliphatic rings. The lowest BCUT2D eigenvalue weighted by Crippen LogP contribution is -2.47. The molecule has 0 atom stereocenters. The third kappa shape index (κ3) is 6.61. The van der Waals surface area contributed by atoms with Crippen LogP contribution in [0.25, 0.3) is 6.08 Å². The highest BCUT2D eigenvalue weighted by atomic mass is 19.1. The summed E-state index contributed by atoms with van der Waals surface area (Å²) in [6, 6.07) is 19.4. The van der Waals surface area contributed by atoms with Gasteiger partial charge in [-0.25, -0.2) is 8.78 Å². The van der Waals surface area contributed by atoms with E-state index in [9.17, 15) is 18.4 Å². The molecular formula is C30H30F2N4O3. The molecule has 9 heteroatoms. The lowest BCUT2D eigenvalue weighted by atomic mass is 10.1. The summed E-state index contributed by atoms with van der Waals surface area (Å²) in [4.78, 5) is 32.0. The topological polar surface area (TPSA) is 65.1 Å². The van der Waals surface area contributed by atoms with E-state index in [0.717, 1.165) is 44.8 Å². The summed E-state index contributed by atoms with van der Waals surface area (Å²) in [5.74, 6) is -0.918. The van der Waals surface area contributed by atoms with Crippen LogP contribution < -0.4 is 19.9 Å². The second-order valence-electron chi connectivity index (χ2n) is 9.53. The molecule has 3 aromatic rings. The van der Waals surface area contributed by atoms with Crippen molar-refractivity contribution in [3.63, 3.8) is 0 Å². The van der Waals surface area contributed by atoms with Gasteiger partial charge < -0.3 is 15.0 Å². The number of piperazine rings is 1. The number of nitrogens with zero attached hydrogens (tertiary/aromatic N) is 3. The molecule has 2 aliphatic heterocycles. The van der Waals surface area contributed by atoms with E-state index >= 15 is 0 Å². The Bertz CT molecular complexity index is 1350. The molecule has 2 amide bonds. The van der Waals surface area contributed by atoms with E-state index in [-0.39, 0.29) is 24.0 Å². The molecular weight excluding hydrogens is 502 g/mol. The smallest absolute Gasteiger partial charge is 0.294 e. The molecule has 1 saturated heterocycles. The van der Waals surface area contributed by atoms with Crippen LogP contribution in [0.4, 0.5) is 20.2 Å². The highest BCUT2D eigenvalue weighted by Crippen LogP contribution is 2.35. The van der Waals surface area contributed by atoms with E-state index in [4.69, 9.17) is 4.74 Å². The van der Waals surface area contributed by atoms with Crippen LogP contribution in [0.3, 0.4) is 0 Å². The molecule has 1 fully saturated rings. The average Bonchev–Trinajstić information content (AvgIpc) is 2.94. The molecule has 3 aromatic carbocycles. The van der Waals surface area contributed by atoms with Gasteiger partial charge in [0.15, 0.2) is 11.5 Å². The fraction of sp³-hybridized carbons (Fsp3) is 0.267. The number of hydrogen-bond acceptors (Lipinski definition) is 5. The normalized spacial score (nSPS) is 16.7. The molecule has 0 aliphatic carbocycles. The van der Waals surface area contributed by atoms with Crippen molar-refractivity contribution in [3.05, 3.63) is 95.8 Å². The van der Waals surface area contributed by atoms with Gasteiger partial charge in [-0.2, -0.15) is 0 Å². The zero-order chi connectivity index (χ0) is 27.2. The molecule has 0 bridgehead atoms. The monoisotopic (exact) mass is 532 g/mol. The van der Waals surface area contributed by atoms with Gasteiger partial charge in [-0.3, -0.25) is 19.4 Å². The fourth-order valence-corrected chi connectivity index (χ4v) is 4.78. The van der Waals surface area contributed by atoms with Crippen molar-refractivity contribution < 1.29 is 23.1 Å². The van der Waals surface area contributed by atoms with E-state index in [1.807, 2.05) is 0 Å². The summed E-state index contributed by atoms with van der Waals surface area (Å²) < 4.78 is 32.6. The van der Waals surface area contributed by atoms with E-state index in [1.54, 1.807) is 48.5 Å². The molecule has 0 saturated carbocycles. The van der Waals surface area contributed by atoms with Crippen molar-refractivity contribution in [1.82, 2.24) is 10.2 Å². The lowest BCUT2D eigenvalue weighted by molar-refractivity contribution is -0.123. The largest absolute Gasteiger partial charge is 0.449 e. The van der Waals surface area contributed by atoms with Crippen LogP contribution in [0.1, 0.15) is 12.0 Å². The number of ether oxygens (including phenoxy) is 1. The Labute approximate surface area is 226 Å². The number of para-hydroxylation sites is 2. The quantitative estimate of drug-likeness (QED) is 0.350. The third-order valence-electron chi connectivity index (χ3n) is 6.82. The highest BCUT2D eigenvalue weighted by molar-refractivity contribution is 6.12. The number of halogens is 2. The average molecular weight is 533 g/mol. The molecule has 0 radical (unpaired) electrons. The van der Waals surface area contributed by atoms with Crippen molar-refractivity contribution in [2.45, 2.75) is 6.42 Å². The zero-order valence-electron chi connectivity index (χ0n) is 21.5. The zero-order valence-corrected chi connectivity index (χ0v) is 21.5. The fourth-order valence-electron chi connectivity index (χ4n) is 4.78. The maximum atomic E-state index is 13.6. The standard InChI is InChI=1S/C30H30F2N4O3/c31-23-9-11-25(12-10-23)35-17-15-34(16-18-35)14-4-13-33-29(37)21-36-26-7-1-2-8-27(26)39-28(30(36)38)20-22-5-3-6-24(32)19-22/h1-3,5-12,19-20H,4,13-18,21H2,(H,33,37)/b28-20+. The van der Waals surface area contributed by atoms with E-state index < -0.39 is 11.7 Å². The van der Waals surface area contributed by atoms with Crippen LogP contribution >= 0.6 is 0 Å². The Morgan fingerprint density at radius 2 is 1.69 bits per heavy atom. The van der Waals surface area contributed by atoms with Crippen LogP contribution in [0.15, 0.2) is 78.6 Å². The van der Waals surface area contributed by atoms with Crippen molar-refractivity contribution in [2.24, 2.45) is 0 Å². The molecule has 2 heterocycles. The van der Waals surface area contributed by atoms with Gasteiger partial charge in [0.1, 0.15) is 18.2 Å². The summed E-state index contributed by atoms with van der Waals surface area (Å²) in [6.07, 6.45) is 2.25. The van der Waals surface area contributed by atoms with Crippen LogP contribution in [0.5, 0.6) is 5.75 Å². The molecule has 0 aromatic heterocycles. The van der Waals surface area contributed by atoms with Gasteiger partial charge in [-0.1, -0.05) is 24.3 Å². The van der Waals surface area contributed by atoms with E-state index in [0.29, 0.717) is 23.5 Å². The van der Waals surface area contributed by atoms with Gasteiger partial charge in [-0.05, 0) is 73.1 Å². The maximum Gasteiger partial charge on any atom is 0.294 e. The molecule has 1 N–H and O–H groups in total. The predicted octanol–water partition coefficient (Wildman–Crippen LogP) is 4.06. The minimum absolute atomic E-state index is 0.0203. The highest BCUT2D eigenvalue weighted by Gasteiger charge is 2.31. The number of amides is 2. The van der Waals surface area contributed by atoms with Gasteiger partial charge in [0, 0.05) is 38.4 Å². The van der Waals surface area contributed by atoms with Gasteiger partial charge in [0.2, 0.25) is 5.91 Å². The van der Waals surface area contributed by atoms with Gasteiger partial charge in [0.05, 0.1) is 5.69 Å². The predicted molar refractivity (Wildman–Crippen MR) is 146 cm³/mol. The molecule has 5 rings (SSSR count). The molecule has 7 nitrogen and oxygen atoms in total. The maximum absolute atomic E-state index is 13.6. The summed E-state index contributed by atoms with van der Waals surface area (Å²) in [6.45, 7) is 4.69. The summed E-state index contributed by atoms with van der Waals surface area (Å²) in [5, 5.41) is 2.92. The van der Waals surface area contributed by atoms with Crippen molar-refractivity contribution >= 4 is 29.3 Å². The number of carbonyl (C=O) groups excluding carboxylic acids is 2.